The van der Waals surface area contributed by atoms with Gasteiger partial charge in [-0.25, -0.2) is 9.97 Å². The standard InChI is InChI=1S/C18H22N4O2.C6H13N/c1-10(2)8-24-22-16-13-7-11(23)5-6-12(13)15-14(18(16,3)4)17(19)21-9-20-15;7-6-4-2-1-3-5-6/h5-7,9-10,23H,8H2,1-4H3,(H2,19,20,21);6H,1-5,7H2/b22-16+;. The van der Waals surface area contributed by atoms with Gasteiger partial charge in [-0.1, -0.05) is 38.3 Å². The number of aromatic nitrogens is 2. The van der Waals surface area contributed by atoms with Gasteiger partial charge in [0.2, 0.25) is 0 Å². The molecule has 2 aliphatic rings. The average Bonchev–Trinajstić information content (AvgIpc) is 2.71. The lowest BCUT2D eigenvalue weighted by Gasteiger charge is -2.34. The van der Waals surface area contributed by atoms with E-state index in [9.17, 15) is 5.11 Å². The van der Waals surface area contributed by atoms with E-state index in [1.165, 1.54) is 38.4 Å². The number of phenols is 1. The van der Waals surface area contributed by atoms with E-state index < -0.39 is 5.41 Å². The Morgan fingerprint density at radius 3 is 2.48 bits per heavy atom. The van der Waals surface area contributed by atoms with Crippen molar-refractivity contribution in [2.45, 2.75) is 71.3 Å². The Kier molecular flexibility index (Phi) is 7.15. The monoisotopic (exact) mass is 425 g/mol. The highest BCUT2D eigenvalue weighted by Crippen LogP contribution is 2.45. The number of nitrogens with zero attached hydrogens (tertiary/aromatic N) is 3. The summed E-state index contributed by atoms with van der Waals surface area (Å²) in [6, 6.07) is 5.68. The molecule has 0 aliphatic heterocycles. The Bertz CT molecular complexity index is 934. The van der Waals surface area contributed by atoms with Gasteiger partial charge in [-0.05, 0) is 50.8 Å². The van der Waals surface area contributed by atoms with Crippen LogP contribution in [-0.4, -0.2) is 33.4 Å². The zero-order valence-electron chi connectivity index (χ0n) is 19.1. The maximum atomic E-state index is 9.94. The maximum Gasteiger partial charge on any atom is 0.131 e. The van der Waals surface area contributed by atoms with Crippen LogP contribution in [0.4, 0.5) is 5.82 Å². The Labute approximate surface area is 184 Å². The molecule has 1 saturated carbocycles. The topological polar surface area (TPSA) is 120 Å². The van der Waals surface area contributed by atoms with Crippen molar-refractivity contribution in [2.24, 2.45) is 16.8 Å². The molecule has 4 rings (SSSR count). The molecule has 1 heterocycles. The first-order valence-electron chi connectivity index (χ1n) is 11.1. The third-order valence-electron chi connectivity index (χ3n) is 5.82. The quantitative estimate of drug-likeness (QED) is 0.628. The summed E-state index contributed by atoms with van der Waals surface area (Å²) in [5.41, 5.74) is 15.2. The summed E-state index contributed by atoms with van der Waals surface area (Å²) in [6.07, 6.45) is 8.12. The summed E-state index contributed by atoms with van der Waals surface area (Å²) in [6.45, 7) is 8.66. The van der Waals surface area contributed by atoms with Gasteiger partial charge in [-0.2, -0.15) is 0 Å². The second-order valence-electron chi connectivity index (χ2n) is 9.36. The van der Waals surface area contributed by atoms with Crippen LogP contribution in [0.15, 0.2) is 29.7 Å². The lowest BCUT2D eigenvalue weighted by molar-refractivity contribution is 0.117. The van der Waals surface area contributed by atoms with E-state index >= 15 is 0 Å². The van der Waals surface area contributed by atoms with Crippen molar-refractivity contribution in [3.8, 4) is 17.0 Å². The molecule has 0 saturated heterocycles. The first-order chi connectivity index (χ1) is 14.7. The van der Waals surface area contributed by atoms with Gasteiger partial charge < -0.3 is 21.4 Å². The van der Waals surface area contributed by atoms with Gasteiger partial charge in [-0.3, -0.25) is 0 Å². The number of aromatic hydroxyl groups is 1. The van der Waals surface area contributed by atoms with Crippen molar-refractivity contribution < 1.29 is 9.94 Å². The van der Waals surface area contributed by atoms with Gasteiger partial charge in [0, 0.05) is 28.1 Å². The number of benzene rings is 1. The van der Waals surface area contributed by atoms with E-state index in [1.54, 1.807) is 12.1 Å². The number of nitrogens with two attached hydrogens (primary N) is 2. The summed E-state index contributed by atoms with van der Waals surface area (Å²) in [7, 11) is 0. The van der Waals surface area contributed by atoms with Gasteiger partial charge >= 0.3 is 0 Å². The van der Waals surface area contributed by atoms with E-state index in [0.717, 1.165) is 22.4 Å². The zero-order chi connectivity index (χ0) is 22.6. The number of phenolic OH excluding ortho intramolecular Hbond substituents is 1. The molecular formula is C24H35N5O2. The van der Waals surface area contributed by atoms with Crippen LogP contribution in [0.5, 0.6) is 5.75 Å². The van der Waals surface area contributed by atoms with Crippen LogP contribution in [0, 0.1) is 5.92 Å². The van der Waals surface area contributed by atoms with Gasteiger partial charge in [-0.15, -0.1) is 0 Å². The smallest absolute Gasteiger partial charge is 0.131 e. The van der Waals surface area contributed by atoms with Crippen LogP contribution in [-0.2, 0) is 10.3 Å². The number of nitrogen functional groups attached to an aromatic ring is 1. The van der Waals surface area contributed by atoms with E-state index in [4.69, 9.17) is 16.3 Å². The number of anilines is 1. The van der Waals surface area contributed by atoms with Crippen molar-refractivity contribution in [3.63, 3.8) is 0 Å². The summed E-state index contributed by atoms with van der Waals surface area (Å²) >= 11 is 0. The van der Waals surface area contributed by atoms with Gasteiger partial charge in [0.15, 0.2) is 0 Å². The molecule has 0 amide bonds. The summed E-state index contributed by atoms with van der Waals surface area (Å²) in [5, 5.41) is 14.3. The fourth-order valence-corrected chi connectivity index (χ4v) is 4.16. The summed E-state index contributed by atoms with van der Waals surface area (Å²) < 4.78 is 0. The average molecular weight is 426 g/mol. The molecular weight excluding hydrogens is 390 g/mol. The van der Waals surface area contributed by atoms with Crippen LogP contribution < -0.4 is 11.5 Å². The second kappa shape index (κ2) is 9.64. The summed E-state index contributed by atoms with van der Waals surface area (Å²) in [5.74, 6) is 0.970. The van der Waals surface area contributed by atoms with Gasteiger partial charge in [0.25, 0.3) is 0 Å². The molecule has 0 unspecified atom stereocenters. The molecule has 2 aromatic rings. The number of oxime groups is 1. The predicted octanol–water partition coefficient (Wildman–Crippen LogP) is 4.38. The van der Waals surface area contributed by atoms with Gasteiger partial charge in [0.05, 0.1) is 11.4 Å². The van der Waals surface area contributed by atoms with Crippen molar-refractivity contribution in [2.75, 3.05) is 12.3 Å². The first-order valence-corrected chi connectivity index (χ1v) is 11.1. The molecule has 31 heavy (non-hydrogen) atoms. The van der Waals surface area contributed by atoms with Crippen LogP contribution in [0.3, 0.4) is 0 Å². The molecule has 7 heteroatoms. The molecule has 7 nitrogen and oxygen atoms in total. The van der Waals surface area contributed by atoms with Gasteiger partial charge in [0.1, 0.15) is 24.5 Å². The predicted molar refractivity (Wildman–Crippen MR) is 125 cm³/mol. The fourth-order valence-electron chi connectivity index (χ4n) is 4.16. The van der Waals surface area contributed by atoms with Crippen molar-refractivity contribution >= 4 is 11.5 Å². The Balaban J connectivity index is 0.000000330. The Morgan fingerprint density at radius 1 is 1.16 bits per heavy atom. The highest BCUT2D eigenvalue weighted by molar-refractivity contribution is 6.15. The summed E-state index contributed by atoms with van der Waals surface area (Å²) in [4.78, 5) is 14.1. The third-order valence-corrected chi connectivity index (χ3v) is 5.82. The molecule has 1 fully saturated rings. The molecule has 1 aromatic carbocycles. The second-order valence-corrected chi connectivity index (χ2v) is 9.36. The van der Waals surface area contributed by atoms with Crippen LogP contribution in [0.25, 0.3) is 11.3 Å². The van der Waals surface area contributed by atoms with E-state index in [-0.39, 0.29) is 5.75 Å². The van der Waals surface area contributed by atoms with Crippen molar-refractivity contribution in [3.05, 3.63) is 35.7 Å². The van der Waals surface area contributed by atoms with Crippen LogP contribution in [0.2, 0.25) is 0 Å². The molecule has 168 valence electrons. The minimum atomic E-state index is -0.543. The molecule has 2 aliphatic carbocycles. The SMILES string of the molecule is CC(C)CO/N=C1\c2cc(O)ccc2-c2ncnc(N)c2C1(C)C.NC1CCCCC1. The van der Waals surface area contributed by atoms with E-state index in [0.29, 0.717) is 30.1 Å². The molecule has 5 N–H and O–H groups in total. The first kappa shape index (κ1) is 23.0. The van der Waals surface area contributed by atoms with Crippen LogP contribution in [0.1, 0.15) is 70.9 Å². The van der Waals surface area contributed by atoms with Crippen molar-refractivity contribution in [1.29, 1.82) is 0 Å². The zero-order valence-corrected chi connectivity index (χ0v) is 19.1. The Morgan fingerprint density at radius 2 is 1.87 bits per heavy atom. The third kappa shape index (κ3) is 5.15. The number of rotatable bonds is 3. The normalized spacial score (nSPS) is 18.7. The van der Waals surface area contributed by atoms with Crippen LogP contribution >= 0.6 is 0 Å². The molecule has 0 radical (unpaired) electrons. The molecule has 1 aromatic heterocycles. The molecule has 0 bridgehead atoms. The van der Waals surface area contributed by atoms with E-state index in [1.807, 2.05) is 19.9 Å². The van der Waals surface area contributed by atoms with E-state index in [2.05, 4.69) is 29.0 Å². The number of hydrogen-bond donors (Lipinski definition) is 3. The minimum absolute atomic E-state index is 0.173. The lowest BCUT2D eigenvalue weighted by atomic mass is 9.70. The highest BCUT2D eigenvalue weighted by atomic mass is 16.6. The Hall–Kier alpha value is -2.67. The number of fused-ring (bicyclic) bond motifs is 3. The largest absolute Gasteiger partial charge is 0.508 e. The minimum Gasteiger partial charge on any atom is -0.508 e. The fraction of sp³-hybridized carbons (Fsp3) is 0.542. The lowest BCUT2D eigenvalue weighted by Crippen LogP contribution is -2.36. The molecule has 0 spiro atoms. The van der Waals surface area contributed by atoms with Crippen molar-refractivity contribution in [1.82, 2.24) is 9.97 Å². The maximum absolute atomic E-state index is 9.94. The molecule has 0 atom stereocenters. The highest BCUT2D eigenvalue weighted by Gasteiger charge is 2.40. The number of hydrogen-bond acceptors (Lipinski definition) is 7.